The van der Waals surface area contributed by atoms with Crippen LogP contribution in [-0.4, -0.2) is 34.6 Å². The average Bonchev–Trinajstić information content (AvgIpc) is 2.64. The molecule has 0 spiro atoms. The van der Waals surface area contributed by atoms with Crippen molar-refractivity contribution in [2.45, 2.75) is 31.7 Å². The molecule has 3 N–H and O–H groups in total. The molecule has 0 aromatic carbocycles. The summed E-state index contributed by atoms with van der Waals surface area (Å²) >= 11 is 0. The van der Waals surface area contributed by atoms with Gasteiger partial charge in [0, 0.05) is 12.7 Å². The van der Waals surface area contributed by atoms with Crippen molar-refractivity contribution in [1.82, 2.24) is 4.98 Å². The van der Waals surface area contributed by atoms with E-state index in [9.17, 15) is 14.7 Å². The van der Waals surface area contributed by atoms with Crippen molar-refractivity contribution >= 4 is 17.7 Å². The lowest BCUT2D eigenvalue weighted by atomic mass is 10.1. The number of aliphatic carboxylic acids is 1. The van der Waals surface area contributed by atoms with Gasteiger partial charge in [0.05, 0.1) is 5.56 Å². The highest BCUT2D eigenvalue weighted by atomic mass is 16.4. The molecule has 1 aromatic rings. The molecule has 0 aliphatic carbocycles. The van der Waals surface area contributed by atoms with E-state index in [-0.39, 0.29) is 5.56 Å². The van der Waals surface area contributed by atoms with Crippen LogP contribution in [0.1, 0.15) is 36.0 Å². The maximum atomic E-state index is 11.4. The fraction of sp³-hybridized carbons (Fsp3) is 0.462. The molecule has 1 saturated heterocycles. The fourth-order valence-corrected chi connectivity index (χ4v) is 2.44. The van der Waals surface area contributed by atoms with Crippen LogP contribution in [0.2, 0.25) is 0 Å². The summed E-state index contributed by atoms with van der Waals surface area (Å²) in [6.45, 7) is 0.578. The quantitative estimate of drug-likeness (QED) is 0.848. The van der Waals surface area contributed by atoms with Crippen molar-refractivity contribution in [3.8, 4) is 0 Å². The first-order valence-electron chi connectivity index (χ1n) is 6.35. The average molecular weight is 263 g/mol. The maximum Gasteiger partial charge on any atom is 0.326 e. The Morgan fingerprint density at radius 2 is 2.16 bits per heavy atom. The van der Waals surface area contributed by atoms with E-state index in [4.69, 9.17) is 5.73 Å². The Balaban J connectivity index is 2.41. The Kier molecular flexibility index (Phi) is 3.99. The third-order valence-corrected chi connectivity index (χ3v) is 3.36. The number of rotatable bonds is 3. The summed E-state index contributed by atoms with van der Waals surface area (Å²) < 4.78 is 0. The van der Waals surface area contributed by atoms with Gasteiger partial charge in [0.2, 0.25) is 0 Å². The Hall–Kier alpha value is -2.11. The van der Waals surface area contributed by atoms with Crippen LogP contribution in [0.25, 0.3) is 0 Å². The normalized spacial score (nSPS) is 19.8. The van der Waals surface area contributed by atoms with Gasteiger partial charge in [-0.2, -0.15) is 0 Å². The Morgan fingerprint density at radius 1 is 1.37 bits per heavy atom. The maximum absolute atomic E-state index is 11.4. The number of nitrogens with two attached hydrogens (primary N) is 1. The molecule has 1 atom stereocenters. The predicted octanol–water partition coefficient (Wildman–Crippen LogP) is 1.01. The summed E-state index contributed by atoms with van der Waals surface area (Å²) in [6, 6.07) is 2.56. The van der Waals surface area contributed by atoms with E-state index in [0.717, 1.165) is 19.3 Å². The summed E-state index contributed by atoms with van der Waals surface area (Å²) in [6.07, 6.45) is 4.85. The van der Waals surface area contributed by atoms with E-state index in [1.165, 1.54) is 0 Å². The lowest BCUT2D eigenvalue weighted by Gasteiger charge is -2.29. The van der Waals surface area contributed by atoms with E-state index < -0.39 is 17.9 Å². The molecule has 1 amide bonds. The largest absolute Gasteiger partial charge is 0.480 e. The van der Waals surface area contributed by atoms with Crippen LogP contribution in [-0.2, 0) is 4.79 Å². The Bertz CT molecular complexity index is 490. The lowest BCUT2D eigenvalue weighted by Crippen LogP contribution is -2.42. The van der Waals surface area contributed by atoms with Crippen LogP contribution < -0.4 is 10.6 Å². The van der Waals surface area contributed by atoms with Gasteiger partial charge in [-0.25, -0.2) is 9.78 Å². The number of carboxylic acids is 1. The van der Waals surface area contributed by atoms with Gasteiger partial charge in [-0.05, 0) is 25.0 Å². The Morgan fingerprint density at radius 3 is 2.84 bits per heavy atom. The molecular formula is C13H17N3O3. The van der Waals surface area contributed by atoms with Crippen LogP contribution in [0.4, 0.5) is 5.82 Å². The number of hydrogen-bond donors (Lipinski definition) is 2. The standard InChI is InChI=1S/C13H17N3O3/c14-11(17)9-5-4-7-15-12(9)16-8-3-1-2-6-10(16)13(18)19/h4-5,7,10H,1-3,6,8H2,(H2,14,17)(H,18,19). The van der Waals surface area contributed by atoms with E-state index in [1.54, 1.807) is 23.2 Å². The van der Waals surface area contributed by atoms with Crippen LogP contribution in [0, 0.1) is 0 Å². The van der Waals surface area contributed by atoms with Crippen molar-refractivity contribution < 1.29 is 14.7 Å². The first-order valence-corrected chi connectivity index (χ1v) is 6.35. The lowest BCUT2D eigenvalue weighted by molar-refractivity contribution is -0.138. The zero-order valence-electron chi connectivity index (χ0n) is 10.6. The highest BCUT2D eigenvalue weighted by Gasteiger charge is 2.30. The number of aromatic nitrogens is 1. The zero-order chi connectivity index (χ0) is 13.8. The summed E-state index contributed by atoms with van der Waals surface area (Å²) in [5.74, 6) is -1.09. The first-order chi connectivity index (χ1) is 9.11. The summed E-state index contributed by atoms with van der Waals surface area (Å²) in [5, 5.41) is 9.34. The highest BCUT2D eigenvalue weighted by molar-refractivity contribution is 5.98. The number of amides is 1. The summed E-state index contributed by atoms with van der Waals surface area (Å²) in [4.78, 5) is 28.7. The van der Waals surface area contributed by atoms with Gasteiger partial charge in [-0.1, -0.05) is 12.8 Å². The first kappa shape index (κ1) is 13.3. The zero-order valence-corrected chi connectivity index (χ0v) is 10.6. The van der Waals surface area contributed by atoms with E-state index in [1.807, 2.05) is 0 Å². The van der Waals surface area contributed by atoms with Crippen LogP contribution in [0.5, 0.6) is 0 Å². The van der Waals surface area contributed by atoms with E-state index in [0.29, 0.717) is 18.8 Å². The van der Waals surface area contributed by atoms with Crippen molar-refractivity contribution in [3.05, 3.63) is 23.9 Å². The molecule has 1 aliphatic heterocycles. The molecule has 1 aromatic heterocycles. The summed E-state index contributed by atoms with van der Waals surface area (Å²) in [7, 11) is 0. The molecule has 2 rings (SSSR count). The second-order valence-corrected chi connectivity index (χ2v) is 4.64. The van der Waals surface area contributed by atoms with Gasteiger partial charge in [-0.3, -0.25) is 4.79 Å². The molecule has 1 aliphatic rings. The third-order valence-electron chi connectivity index (χ3n) is 3.36. The fourth-order valence-electron chi connectivity index (χ4n) is 2.44. The molecular weight excluding hydrogens is 246 g/mol. The number of carbonyl (C=O) groups excluding carboxylic acids is 1. The topological polar surface area (TPSA) is 96.5 Å². The molecule has 6 nitrogen and oxygen atoms in total. The highest BCUT2D eigenvalue weighted by Crippen LogP contribution is 2.25. The van der Waals surface area contributed by atoms with E-state index >= 15 is 0 Å². The van der Waals surface area contributed by atoms with E-state index in [2.05, 4.69) is 4.98 Å². The number of anilines is 1. The predicted molar refractivity (Wildman–Crippen MR) is 70.0 cm³/mol. The van der Waals surface area contributed by atoms with Crippen LogP contribution >= 0.6 is 0 Å². The molecule has 6 heteroatoms. The molecule has 2 heterocycles. The molecule has 0 radical (unpaired) electrons. The van der Waals surface area contributed by atoms with Gasteiger partial charge in [0.1, 0.15) is 11.9 Å². The Labute approximate surface area is 111 Å². The number of carboxylic acid groups (broad SMARTS) is 1. The molecule has 0 bridgehead atoms. The molecule has 0 saturated carbocycles. The minimum Gasteiger partial charge on any atom is -0.480 e. The van der Waals surface area contributed by atoms with Crippen molar-refractivity contribution in [2.75, 3.05) is 11.4 Å². The number of hydrogen-bond acceptors (Lipinski definition) is 4. The number of primary amides is 1. The number of carbonyl (C=O) groups is 2. The second kappa shape index (κ2) is 5.69. The molecule has 1 unspecified atom stereocenters. The van der Waals surface area contributed by atoms with Crippen molar-refractivity contribution in [3.63, 3.8) is 0 Å². The monoisotopic (exact) mass is 263 g/mol. The summed E-state index contributed by atoms with van der Waals surface area (Å²) in [5.41, 5.74) is 5.60. The molecule has 102 valence electrons. The van der Waals surface area contributed by atoms with Crippen LogP contribution in [0.15, 0.2) is 18.3 Å². The third kappa shape index (κ3) is 2.83. The second-order valence-electron chi connectivity index (χ2n) is 4.64. The SMILES string of the molecule is NC(=O)c1cccnc1N1CCCCCC1C(=O)O. The molecule has 19 heavy (non-hydrogen) atoms. The van der Waals surface area contributed by atoms with Crippen molar-refractivity contribution in [1.29, 1.82) is 0 Å². The minimum absolute atomic E-state index is 0.274. The minimum atomic E-state index is -0.886. The van der Waals surface area contributed by atoms with Gasteiger partial charge < -0.3 is 15.7 Å². The van der Waals surface area contributed by atoms with Gasteiger partial charge in [0.15, 0.2) is 0 Å². The number of nitrogens with zero attached hydrogens (tertiary/aromatic N) is 2. The van der Waals surface area contributed by atoms with Gasteiger partial charge in [-0.15, -0.1) is 0 Å². The number of pyridine rings is 1. The van der Waals surface area contributed by atoms with Gasteiger partial charge >= 0.3 is 5.97 Å². The van der Waals surface area contributed by atoms with Gasteiger partial charge in [0.25, 0.3) is 5.91 Å². The van der Waals surface area contributed by atoms with Crippen molar-refractivity contribution in [2.24, 2.45) is 5.73 Å². The molecule has 1 fully saturated rings. The van der Waals surface area contributed by atoms with Crippen LogP contribution in [0.3, 0.4) is 0 Å². The smallest absolute Gasteiger partial charge is 0.326 e.